The first-order valence-electron chi connectivity index (χ1n) is 6.09. The number of hydrogen-bond donors (Lipinski definition) is 1. The number of carbonyl (C=O) groups excluding carboxylic acids is 1. The first kappa shape index (κ1) is 11.2. The summed E-state index contributed by atoms with van der Waals surface area (Å²) < 4.78 is 0. The number of benzene rings is 1. The fraction of sp³-hybridized carbons (Fsp3) is 0.500. The summed E-state index contributed by atoms with van der Waals surface area (Å²) >= 11 is 0. The zero-order valence-electron chi connectivity index (χ0n) is 9.78. The van der Waals surface area contributed by atoms with E-state index in [1.54, 1.807) is 6.92 Å². The van der Waals surface area contributed by atoms with Crippen molar-refractivity contribution >= 4 is 5.91 Å². The van der Waals surface area contributed by atoms with E-state index in [1.807, 2.05) is 18.2 Å². The average molecular weight is 217 g/mol. The summed E-state index contributed by atoms with van der Waals surface area (Å²) in [5, 5.41) is 3.10. The molecule has 0 spiro atoms. The molecule has 16 heavy (non-hydrogen) atoms. The molecule has 1 unspecified atom stereocenters. The van der Waals surface area contributed by atoms with Gasteiger partial charge in [0.1, 0.15) is 0 Å². The Kier molecular flexibility index (Phi) is 3.60. The van der Waals surface area contributed by atoms with Gasteiger partial charge in [0, 0.05) is 6.92 Å². The van der Waals surface area contributed by atoms with Gasteiger partial charge in [0.2, 0.25) is 5.91 Å². The normalized spacial score (nSPS) is 18.3. The van der Waals surface area contributed by atoms with E-state index in [-0.39, 0.29) is 11.9 Å². The van der Waals surface area contributed by atoms with Gasteiger partial charge in [0.15, 0.2) is 0 Å². The average Bonchev–Trinajstić information content (AvgIpc) is 2.80. The molecular formula is C14H19NO. The molecule has 0 bridgehead atoms. The Hall–Kier alpha value is -1.31. The predicted octanol–water partition coefficient (Wildman–Crippen LogP) is 3.05. The highest BCUT2D eigenvalue weighted by atomic mass is 16.1. The maximum atomic E-state index is 11.3. The monoisotopic (exact) mass is 217 g/mol. The fourth-order valence-corrected chi connectivity index (χ4v) is 2.64. The van der Waals surface area contributed by atoms with Gasteiger partial charge in [-0.25, -0.2) is 0 Å². The Balaban J connectivity index is 2.16. The van der Waals surface area contributed by atoms with Gasteiger partial charge in [0.05, 0.1) is 6.04 Å². The summed E-state index contributed by atoms with van der Waals surface area (Å²) in [5.41, 5.74) is 1.24. The van der Waals surface area contributed by atoms with Crippen LogP contribution in [0.4, 0.5) is 0 Å². The van der Waals surface area contributed by atoms with Crippen LogP contribution in [0.1, 0.15) is 44.2 Å². The maximum Gasteiger partial charge on any atom is 0.217 e. The Morgan fingerprint density at radius 2 is 1.88 bits per heavy atom. The van der Waals surface area contributed by atoms with E-state index in [2.05, 4.69) is 17.4 Å². The third-order valence-corrected chi connectivity index (χ3v) is 3.39. The number of carbonyl (C=O) groups is 1. The van der Waals surface area contributed by atoms with E-state index < -0.39 is 0 Å². The highest BCUT2D eigenvalue weighted by Crippen LogP contribution is 2.35. The first-order chi connectivity index (χ1) is 7.77. The largest absolute Gasteiger partial charge is 0.349 e. The summed E-state index contributed by atoms with van der Waals surface area (Å²) in [6.45, 7) is 1.60. The summed E-state index contributed by atoms with van der Waals surface area (Å²) in [5.74, 6) is 0.687. The van der Waals surface area contributed by atoms with Crippen LogP contribution in [0.3, 0.4) is 0 Å². The van der Waals surface area contributed by atoms with Crippen molar-refractivity contribution in [3.8, 4) is 0 Å². The van der Waals surface area contributed by atoms with Gasteiger partial charge in [-0.3, -0.25) is 4.79 Å². The van der Waals surface area contributed by atoms with Crippen LogP contribution in [0.2, 0.25) is 0 Å². The van der Waals surface area contributed by atoms with Gasteiger partial charge >= 0.3 is 0 Å². The minimum absolute atomic E-state index is 0.0701. The molecule has 0 radical (unpaired) electrons. The Labute approximate surface area is 97.1 Å². The Morgan fingerprint density at radius 1 is 1.25 bits per heavy atom. The van der Waals surface area contributed by atoms with Crippen LogP contribution in [0, 0.1) is 5.92 Å². The van der Waals surface area contributed by atoms with Gasteiger partial charge in [-0.2, -0.15) is 0 Å². The van der Waals surface area contributed by atoms with Crippen molar-refractivity contribution in [3.05, 3.63) is 35.9 Å². The summed E-state index contributed by atoms with van der Waals surface area (Å²) in [7, 11) is 0. The quantitative estimate of drug-likeness (QED) is 0.828. The van der Waals surface area contributed by atoms with E-state index in [0.29, 0.717) is 5.92 Å². The number of hydrogen-bond acceptors (Lipinski definition) is 1. The molecule has 1 aromatic rings. The molecule has 86 valence electrons. The van der Waals surface area contributed by atoms with Gasteiger partial charge in [0.25, 0.3) is 0 Å². The van der Waals surface area contributed by atoms with Crippen LogP contribution in [0.15, 0.2) is 30.3 Å². The third kappa shape index (κ3) is 2.63. The van der Waals surface area contributed by atoms with Crippen molar-refractivity contribution < 1.29 is 4.79 Å². The van der Waals surface area contributed by atoms with Crippen LogP contribution >= 0.6 is 0 Å². The highest BCUT2D eigenvalue weighted by molar-refractivity contribution is 5.73. The minimum atomic E-state index is 0.0701. The topological polar surface area (TPSA) is 29.1 Å². The van der Waals surface area contributed by atoms with Crippen molar-refractivity contribution in [2.24, 2.45) is 5.92 Å². The van der Waals surface area contributed by atoms with E-state index in [9.17, 15) is 4.79 Å². The molecule has 1 saturated carbocycles. The number of amides is 1. The summed E-state index contributed by atoms with van der Waals surface area (Å²) in [6.07, 6.45) is 5.07. The summed E-state index contributed by atoms with van der Waals surface area (Å²) in [6, 6.07) is 10.5. The van der Waals surface area contributed by atoms with Gasteiger partial charge in [-0.1, -0.05) is 43.2 Å². The molecule has 1 atom stereocenters. The second-order valence-electron chi connectivity index (χ2n) is 4.63. The van der Waals surface area contributed by atoms with Gasteiger partial charge in [-0.05, 0) is 24.3 Å². The molecule has 1 aliphatic rings. The van der Waals surface area contributed by atoms with Crippen molar-refractivity contribution in [2.45, 2.75) is 38.6 Å². The molecule has 0 saturated heterocycles. The fourth-order valence-electron chi connectivity index (χ4n) is 2.64. The lowest BCUT2D eigenvalue weighted by Crippen LogP contribution is -2.30. The van der Waals surface area contributed by atoms with Crippen LogP contribution in [0.25, 0.3) is 0 Å². The molecule has 1 N–H and O–H groups in total. The lowest BCUT2D eigenvalue weighted by atomic mass is 9.91. The molecule has 1 amide bonds. The predicted molar refractivity (Wildman–Crippen MR) is 65.0 cm³/mol. The SMILES string of the molecule is CC(=O)NC(c1ccccc1)C1CCCC1. The molecule has 0 heterocycles. The van der Waals surface area contributed by atoms with Gasteiger partial charge < -0.3 is 5.32 Å². The molecule has 2 nitrogen and oxygen atoms in total. The molecule has 0 aliphatic heterocycles. The lowest BCUT2D eigenvalue weighted by molar-refractivity contribution is -0.120. The zero-order chi connectivity index (χ0) is 11.4. The standard InChI is InChI=1S/C14H19NO/c1-11(16)15-14(13-9-5-6-10-13)12-7-3-2-4-8-12/h2-4,7-8,13-14H,5-6,9-10H2,1H3,(H,15,16). The van der Waals surface area contributed by atoms with Crippen molar-refractivity contribution in [3.63, 3.8) is 0 Å². The number of nitrogens with one attached hydrogen (secondary N) is 1. The minimum Gasteiger partial charge on any atom is -0.349 e. The molecular weight excluding hydrogens is 198 g/mol. The van der Waals surface area contributed by atoms with Crippen LogP contribution in [0.5, 0.6) is 0 Å². The second-order valence-corrected chi connectivity index (χ2v) is 4.63. The Morgan fingerprint density at radius 3 is 2.44 bits per heavy atom. The number of rotatable bonds is 3. The van der Waals surface area contributed by atoms with E-state index >= 15 is 0 Å². The molecule has 1 aliphatic carbocycles. The first-order valence-corrected chi connectivity index (χ1v) is 6.09. The van der Waals surface area contributed by atoms with Crippen LogP contribution < -0.4 is 5.32 Å². The second kappa shape index (κ2) is 5.15. The molecule has 1 fully saturated rings. The molecule has 0 aromatic heterocycles. The smallest absolute Gasteiger partial charge is 0.217 e. The molecule has 2 heteroatoms. The lowest BCUT2D eigenvalue weighted by Gasteiger charge is -2.24. The van der Waals surface area contributed by atoms with Crippen molar-refractivity contribution in [1.29, 1.82) is 0 Å². The van der Waals surface area contributed by atoms with E-state index in [0.717, 1.165) is 0 Å². The van der Waals surface area contributed by atoms with E-state index in [1.165, 1.54) is 31.2 Å². The van der Waals surface area contributed by atoms with Gasteiger partial charge in [-0.15, -0.1) is 0 Å². The van der Waals surface area contributed by atoms with Crippen LogP contribution in [-0.2, 0) is 4.79 Å². The Bertz CT molecular complexity index is 341. The van der Waals surface area contributed by atoms with Crippen molar-refractivity contribution in [1.82, 2.24) is 5.32 Å². The maximum absolute atomic E-state index is 11.3. The molecule has 1 aromatic carbocycles. The van der Waals surface area contributed by atoms with Crippen LogP contribution in [-0.4, -0.2) is 5.91 Å². The molecule has 2 rings (SSSR count). The third-order valence-electron chi connectivity index (χ3n) is 3.39. The van der Waals surface area contributed by atoms with E-state index in [4.69, 9.17) is 0 Å². The summed E-state index contributed by atoms with van der Waals surface area (Å²) in [4.78, 5) is 11.3. The highest BCUT2D eigenvalue weighted by Gasteiger charge is 2.26. The zero-order valence-corrected chi connectivity index (χ0v) is 9.78. The van der Waals surface area contributed by atoms with Crippen molar-refractivity contribution in [2.75, 3.05) is 0 Å².